The van der Waals surface area contributed by atoms with E-state index in [-0.39, 0.29) is 36.3 Å². The van der Waals surface area contributed by atoms with Gasteiger partial charge in [0.05, 0.1) is 17.0 Å². The minimum atomic E-state index is -1.14. The van der Waals surface area contributed by atoms with E-state index < -0.39 is 23.1 Å². The van der Waals surface area contributed by atoms with Crippen LogP contribution in [0.25, 0.3) is 10.9 Å². The molecule has 3 rings (SSSR count). The van der Waals surface area contributed by atoms with Crippen LogP contribution in [0.2, 0.25) is 0 Å². The molecule has 0 aliphatic rings. The first-order valence-electron chi connectivity index (χ1n) is 12.9. The Balaban J connectivity index is 1.83. The second-order valence-electron chi connectivity index (χ2n) is 11.6. The highest BCUT2D eigenvalue weighted by Crippen LogP contribution is 2.31. The molecule has 1 heterocycles. The number of aryl methyl sites for hydroxylation is 2. The normalized spacial score (nSPS) is 12.6. The first-order chi connectivity index (χ1) is 18.1. The third kappa shape index (κ3) is 7.25. The Morgan fingerprint density at radius 2 is 1.59 bits per heavy atom. The molecule has 3 amide bonds. The van der Waals surface area contributed by atoms with Crippen molar-refractivity contribution in [2.45, 2.75) is 65.5 Å². The minimum Gasteiger partial charge on any atom is -0.508 e. The number of aromatic nitrogens is 1. The second-order valence-corrected chi connectivity index (χ2v) is 11.6. The zero-order chi connectivity index (χ0) is 29.1. The van der Waals surface area contributed by atoms with Crippen LogP contribution in [0.15, 0.2) is 48.5 Å². The lowest BCUT2D eigenvalue weighted by atomic mass is 9.87. The van der Waals surface area contributed by atoms with Gasteiger partial charge in [0, 0.05) is 24.0 Å². The summed E-state index contributed by atoms with van der Waals surface area (Å²) >= 11 is 0. The van der Waals surface area contributed by atoms with Crippen LogP contribution in [0.5, 0.6) is 5.75 Å². The van der Waals surface area contributed by atoms with Gasteiger partial charge in [-0.15, -0.1) is 0 Å². The molecule has 0 saturated carbocycles. The molecule has 0 saturated heterocycles. The van der Waals surface area contributed by atoms with Crippen LogP contribution >= 0.6 is 0 Å². The number of amides is 3. The minimum absolute atomic E-state index is 0.0733. The lowest BCUT2D eigenvalue weighted by Crippen LogP contribution is -2.55. The Labute approximate surface area is 229 Å². The van der Waals surface area contributed by atoms with E-state index in [9.17, 15) is 24.6 Å². The molecule has 0 aliphatic carbocycles. The molecule has 4 N–H and O–H groups in total. The molecule has 0 radical (unpaired) electrons. The summed E-state index contributed by atoms with van der Waals surface area (Å²) in [4.78, 5) is 44.4. The van der Waals surface area contributed by atoms with E-state index in [4.69, 9.17) is 0 Å². The molecule has 208 valence electrons. The van der Waals surface area contributed by atoms with Crippen LogP contribution in [0, 0.1) is 13.8 Å². The first-order valence-corrected chi connectivity index (χ1v) is 12.9. The van der Waals surface area contributed by atoms with Gasteiger partial charge in [0.1, 0.15) is 11.4 Å². The SMILES string of the molecule is Cc1cc(O)cc(C)c1C(CN(C(=O)O)C(C)(C)C)C(=O)NC(C)(C)CNC(=O)c1ccc2ccccc2n1. The number of nitrogens with one attached hydrogen (secondary N) is 2. The van der Waals surface area contributed by atoms with Gasteiger partial charge in [0.15, 0.2) is 0 Å². The van der Waals surface area contributed by atoms with E-state index in [0.29, 0.717) is 22.2 Å². The van der Waals surface area contributed by atoms with Gasteiger partial charge in [-0.2, -0.15) is 0 Å². The van der Waals surface area contributed by atoms with E-state index in [1.54, 1.807) is 66.7 Å². The van der Waals surface area contributed by atoms with Crippen molar-refractivity contribution in [2.75, 3.05) is 13.1 Å². The summed E-state index contributed by atoms with van der Waals surface area (Å²) in [5.74, 6) is -1.53. The standard InChI is InChI=1S/C30H38N4O5/c1-18-14-21(35)15-19(2)25(18)22(16-34(28(38)39)29(3,4)5)26(36)33-30(6,7)17-31-27(37)24-13-12-20-10-8-9-11-23(20)32-24/h8-15,22,35H,16-17H2,1-7H3,(H,31,37)(H,33,36)(H,38,39). The van der Waals surface area contributed by atoms with Gasteiger partial charge >= 0.3 is 6.09 Å². The van der Waals surface area contributed by atoms with Gasteiger partial charge < -0.3 is 25.7 Å². The number of pyridine rings is 1. The van der Waals surface area contributed by atoms with E-state index in [2.05, 4.69) is 15.6 Å². The Morgan fingerprint density at radius 3 is 2.18 bits per heavy atom. The topological polar surface area (TPSA) is 132 Å². The quantitative estimate of drug-likeness (QED) is 0.330. The highest BCUT2D eigenvalue weighted by Gasteiger charge is 2.35. The Bertz CT molecular complexity index is 1370. The summed E-state index contributed by atoms with van der Waals surface area (Å²) in [7, 11) is 0. The predicted octanol–water partition coefficient (Wildman–Crippen LogP) is 4.74. The summed E-state index contributed by atoms with van der Waals surface area (Å²) < 4.78 is 0. The number of rotatable bonds is 8. The lowest BCUT2D eigenvalue weighted by Gasteiger charge is -2.37. The van der Waals surface area contributed by atoms with Crippen LogP contribution in [0.4, 0.5) is 4.79 Å². The average Bonchev–Trinajstić information content (AvgIpc) is 2.82. The van der Waals surface area contributed by atoms with Crippen LogP contribution in [0.1, 0.15) is 67.7 Å². The predicted molar refractivity (Wildman–Crippen MR) is 151 cm³/mol. The zero-order valence-electron chi connectivity index (χ0n) is 23.6. The molecule has 9 nitrogen and oxygen atoms in total. The second kappa shape index (κ2) is 11.3. The molecular formula is C30H38N4O5. The number of para-hydroxylation sites is 1. The number of fused-ring (bicyclic) bond motifs is 1. The summed E-state index contributed by atoms with van der Waals surface area (Å²) in [6.07, 6.45) is -1.14. The van der Waals surface area contributed by atoms with Crippen molar-refractivity contribution in [3.8, 4) is 5.75 Å². The van der Waals surface area contributed by atoms with Crippen LogP contribution in [-0.4, -0.2) is 62.2 Å². The number of carbonyl (C=O) groups excluding carboxylic acids is 2. The van der Waals surface area contributed by atoms with Crippen LogP contribution < -0.4 is 10.6 Å². The largest absolute Gasteiger partial charge is 0.508 e. The monoisotopic (exact) mass is 534 g/mol. The van der Waals surface area contributed by atoms with Crippen LogP contribution in [-0.2, 0) is 4.79 Å². The van der Waals surface area contributed by atoms with Crippen molar-refractivity contribution < 1.29 is 24.6 Å². The van der Waals surface area contributed by atoms with E-state index in [1.807, 2.05) is 30.3 Å². The van der Waals surface area contributed by atoms with Crippen LogP contribution in [0.3, 0.4) is 0 Å². The van der Waals surface area contributed by atoms with Crippen molar-refractivity contribution in [3.05, 3.63) is 70.9 Å². The Kier molecular flexibility index (Phi) is 8.53. The highest BCUT2D eigenvalue weighted by atomic mass is 16.4. The van der Waals surface area contributed by atoms with Gasteiger partial charge in [-0.1, -0.05) is 24.3 Å². The van der Waals surface area contributed by atoms with Crippen molar-refractivity contribution >= 4 is 28.8 Å². The number of hydrogen-bond acceptors (Lipinski definition) is 5. The number of nitrogens with zero attached hydrogens (tertiary/aromatic N) is 2. The number of hydrogen-bond donors (Lipinski definition) is 4. The summed E-state index contributed by atoms with van der Waals surface area (Å²) in [6, 6.07) is 14.1. The molecule has 0 fully saturated rings. The van der Waals surface area contributed by atoms with Gasteiger partial charge in [0.2, 0.25) is 5.91 Å². The Morgan fingerprint density at radius 1 is 0.974 bits per heavy atom. The maximum Gasteiger partial charge on any atom is 0.407 e. The van der Waals surface area contributed by atoms with Gasteiger partial charge in [-0.25, -0.2) is 9.78 Å². The number of aromatic hydroxyl groups is 1. The summed E-state index contributed by atoms with van der Waals surface area (Å²) in [5, 5.41) is 26.7. The van der Waals surface area contributed by atoms with E-state index in [0.717, 1.165) is 5.39 Å². The molecule has 9 heteroatoms. The van der Waals surface area contributed by atoms with Gasteiger partial charge in [0.25, 0.3) is 5.91 Å². The maximum atomic E-state index is 13.8. The third-order valence-electron chi connectivity index (χ3n) is 6.63. The molecule has 1 aromatic heterocycles. The van der Waals surface area contributed by atoms with Crippen molar-refractivity contribution in [2.24, 2.45) is 0 Å². The summed E-state index contributed by atoms with van der Waals surface area (Å²) in [5.41, 5.74) is 1.38. The number of phenolic OH excluding ortho intramolecular Hbond substituents is 1. The van der Waals surface area contributed by atoms with Crippen molar-refractivity contribution in [1.82, 2.24) is 20.5 Å². The number of carbonyl (C=O) groups is 3. The average molecular weight is 535 g/mol. The molecule has 1 atom stereocenters. The molecular weight excluding hydrogens is 496 g/mol. The number of phenols is 1. The first kappa shape index (κ1) is 29.4. The van der Waals surface area contributed by atoms with Gasteiger partial charge in [-0.05, 0) is 89.4 Å². The highest BCUT2D eigenvalue weighted by molar-refractivity contribution is 5.95. The lowest BCUT2D eigenvalue weighted by molar-refractivity contribution is -0.124. The molecule has 0 bridgehead atoms. The van der Waals surface area contributed by atoms with Gasteiger partial charge in [-0.3, -0.25) is 9.59 Å². The molecule has 2 aromatic carbocycles. The molecule has 39 heavy (non-hydrogen) atoms. The third-order valence-corrected chi connectivity index (χ3v) is 6.63. The number of benzene rings is 2. The van der Waals surface area contributed by atoms with E-state index >= 15 is 0 Å². The molecule has 0 spiro atoms. The van der Waals surface area contributed by atoms with E-state index in [1.165, 1.54) is 4.90 Å². The zero-order valence-corrected chi connectivity index (χ0v) is 23.6. The summed E-state index contributed by atoms with van der Waals surface area (Å²) in [6.45, 7) is 12.5. The molecule has 0 aliphatic heterocycles. The Hall–Kier alpha value is -4.14. The molecule has 3 aromatic rings. The number of carboxylic acid groups (broad SMARTS) is 1. The fourth-order valence-electron chi connectivity index (χ4n) is 4.68. The van der Waals surface area contributed by atoms with Crippen molar-refractivity contribution in [1.29, 1.82) is 0 Å². The fourth-order valence-corrected chi connectivity index (χ4v) is 4.68. The molecule has 1 unspecified atom stereocenters. The van der Waals surface area contributed by atoms with Crippen molar-refractivity contribution in [3.63, 3.8) is 0 Å². The fraction of sp³-hybridized carbons (Fsp3) is 0.400. The smallest absolute Gasteiger partial charge is 0.407 e. The maximum absolute atomic E-state index is 13.8.